The fraction of sp³-hybridized carbons (Fsp3) is 0.375. The molecule has 0 aliphatic rings. The highest BCUT2D eigenvalue weighted by Gasteiger charge is 2.20. The molecule has 2 aromatic rings. The van der Waals surface area contributed by atoms with Crippen molar-refractivity contribution in [2.75, 3.05) is 19.1 Å². The molecule has 0 aliphatic carbocycles. The lowest BCUT2D eigenvalue weighted by Crippen LogP contribution is -2.40. The lowest BCUT2D eigenvalue weighted by molar-refractivity contribution is -0.130. The lowest BCUT2D eigenvalue weighted by Gasteiger charge is -2.24. The number of thiazole rings is 1. The summed E-state index contributed by atoms with van der Waals surface area (Å²) >= 11 is 1.34. The highest BCUT2D eigenvalue weighted by Crippen LogP contribution is 2.24. The monoisotopic (exact) mass is 370 g/mol. The van der Waals surface area contributed by atoms with Gasteiger partial charge in [-0.3, -0.25) is 4.79 Å². The molecule has 2 rings (SSSR count). The van der Waals surface area contributed by atoms with Crippen LogP contribution in [-0.2, 0) is 21.1 Å². The number of sulfone groups is 1. The van der Waals surface area contributed by atoms with Crippen LogP contribution < -0.4 is 0 Å². The van der Waals surface area contributed by atoms with Gasteiger partial charge in [-0.2, -0.15) is 0 Å². The van der Waals surface area contributed by atoms with E-state index < -0.39 is 15.9 Å². The molecule has 0 N–H and O–H groups in total. The normalized spacial score (nSPS) is 12.8. The Morgan fingerprint density at radius 1 is 1.42 bits per heavy atom. The molecule has 24 heavy (non-hydrogen) atoms. The largest absolute Gasteiger partial charge is 0.342 e. The van der Waals surface area contributed by atoms with Crippen molar-refractivity contribution in [3.05, 3.63) is 41.2 Å². The number of carbonyl (C=O) groups is 1. The smallest absolute Gasteiger partial charge is 0.228 e. The van der Waals surface area contributed by atoms with Gasteiger partial charge in [-0.15, -0.1) is 11.3 Å². The molecule has 5 nitrogen and oxygen atoms in total. The Kier molecular flexibility index (Phi) is 5.71. The number of hydrogen-bond donors (Lipinski definition) is 0. The number of nitrogens with zero attached hydrogens (tertiary/aromatic N) is 2. The molecule has 1 atom stereocenters. The Balaban J connectivity index is 2.05. The van der Waals surface area contributed by atoms with Gasteiger partial charge < -0.3 is 4.90 Å². The van der Waals surface area contributed by atoms with E-state index in [1.807, 2.05) is 0 Å². The molecule has 1 amide bonds. The van der Waals surface area contributed by atoms with E-state index in [-0.39, 0.29) is 23.9 Å². The summed E-state index contributed by atoms with van der Waals surface area (Å²) in [6.45, 7) is 1.69. The topological polar surface area (TPSA) is 67.3 Å². The maximum Gasteiger partial charge on any atom is 0.228 e. The van der Waals surface area contributed by atoms with Crippen LogP contribution in [0.1, 0.15) is 12.6 Å². The summed E-state index contributed by atoms with van der Waals surface area (Å²) in [6, 6.07) is 5.71. The van der Waals surface area contributed by atoms with Gasteiger partial charge in [-0.05, 0) is 19.1 Å². The Labute approximate surface area is 145 Å². The number of hydrogen-bond acceptors (Lipinski definition) is 5. The average molecular weight is 370 g/mol. The number of amides is 1. The van der Waals surface area contributed by atoms with Crippen LogP contribution in [0.3, 0.4) is 0 Å². The Morgan fingerprint density at radius 2 is 2.12 bits per heavy atom. The molecule has 1 heterocycles. The summed E-state index contributed by atoms with van der Waals surface area (Å²) in [5.74, 6) is -0.627. The second kappa shape index (κ2) is 7.40. The zero-order chi connectivity index (χ0) is 17.9. The first-order valence-electron chi connectivity index (χ1n) is 7.29. The van der Waals surface area contributed by atoms with Crippen LogP contribution in [0.4, 0.5) is 4.39 Å². The minimum atomic E-state index is -3.15. The maximum atomic E-state index is 13.3. The molecule has 0 saturated carbocycles. The van der Waals surface area contributed by atoms with Crippen LogP contribution in [0.25, 0.3) is 10.6 Å². The number of rotatable bonds is 6. The first-order chi connectivity index (χ1) is 11.2. The Morgan fingerprint density at radius 3 is 2.75 bits per heavy atom. The number of aromatic nitrogens is 1. The summed E-state index contributed by atoms with van der Waals surface area (Å²) in [6.07, 6.45) is 1.23. The highest BCUT2D eigenvalue weighted by molar-refractivity contribution is 7.90. The van der Waals surface area contributed by atoms with E-state index in [9.17, 15) is 17.6 Å². The van der Waals surface area contributed by atoms with Gasteiger partial charge in [-0.1, -0.05) is 12.1 Å². The molecule has 0 radical (unpaired) electrons. The predicted octanol–water partition coefficient (Wildman–Crippen LogP) is 2.38. The molecule has 130 valence electrons. The van der Waals surface area contributed by atoms with Crippen LogP contribution >= 0.6 is 11.3 Å². The fourth-order valence-corrected chi connectivity index (χ4v) is 4.13. The second-order valence-corrected chi connectivity index (χ2v) is 8.82. The van der Waals surface area contributed by atoms with Crippen LogP contribution in [-0.4, -0.2) is 49.3 Å². The van der Waals surface area contributed by atoms with Crippen LogP contribution in [0, 0.1) is 5.82 Å². The molecule has 1 unspecified atom stereocenters. The number of halogens is 1. The van der Waals surface area contributed by atoms with Crippen molar-refractivity contribution in [3.63, 3.8) is 0 Å². The molecule has 8 heteroatoms. The number of likely N-dealkylation sites (N-methyl/N-ethyl adjacent to an activating group) is 1. The van der Waals surface area contributed by atoms with Crippen LogP contribution in [0.15, 0.2) is 29.6 Å². The van der Waals surface area contributed by atoms with Gasteiger partial charge in [-0.25, -0.2) is 17.8 Å². The van der Waals surface area contributed by atoms with Crippen molar-refractivity contribution in [2.24, 2.45) is 0 Å². The summed E-state index contributed by atoms with van der Waals surface area (Å²) in [5, 5.41) is 2.40. The Hall–Kier alpha value is -1.80. The van der Waals surface area contributed by atoms with Crippen molar-refractivity contribution in [3.8, 4) is 10.6 Å². The van der Waals surface area contributed by atoms with Crippen LogP contribution in [0.2, 0.25) is 0 Å². The van der Waals surface area contributed by atoms with Crippen molar-refractivity contribution < 1.29 is 17.6 Å². The van der Waals surface area contributed by atoms with E-state index in [0.717, 1.165) is 6.26 Å². The van der Waals surface area contributed by atoms with E-state index in [2.05, 4.69) is 4.98 Å². The molecule has 1 aromatic heterocycles. The first kappa shape index (κ1) is 18.5. The van der Waals surface area contributed by atoms with Gasteiger partial charge >= 0.3 is 0 Å². The third-order valence-electron chi connectivity index (χ3n) is 3.55. The SMILES string of the molecule is CC(CS(C)(=O)=O)N(C)C(=O)Cc1csc(-c2cccc(F)c2)n1. The molecule has 0 aliphatic heterocycles. The van der Waals surface area contributed by atoms with E-state index >= 15 is 0 Å². The average Bonchev–Trinajstić information content (AvgIpc) is 2.93. The Bertz CT molecular complexity index is 833. The quantitative estimate of drug-likeness (QED) is 0.783. The lowest BCUT2D eigenvalue weighted by atomic mass is 10.2. The van der Waals surface area contributed by atoms with Gasteiger partial charge in [0.25, 0.3) is 0 Å². The van der Waals surface area contributed by atoms with E-state index in [1.54, 1.807) is 31.5 Å². The minimum Gasteiger partial charge on any atom is -0.342 e. The third kappa shape index (κ3) is 5.10. The predicted molar refractivity (Wildman–Crippen MR) is 93.2 cm³/mol. The third-order valence-corrected chi connectivity index (χ3v) is 5.58. The van der Waals surface area contributed by atoms with Crippen molar-refractivity contribution in [1.29, 1.82) is 0 Å². The summed E-state index contributed by atoms with van der Waals surface area (Å²) < 4.78 is 35.9. The van der Waals surface area contributed by atoms with E-state index in [4.69, 9.17) is 0 Å². The van der Waals surface area contributed by atoms with Crippen molar-refractivity contribution >= 4 is 27.1 Å². The second-order valence-electron chi connectivity index (χ2n) is 5.78. The minimum absolute atomic E-state index is 0.0798. The van der Waals surface area contributed by atoms with Crippen molar-refractivity contribution in [2.45, 2.75) is 19.4 Å². The molecule has 0 bridgehead atoms. The van der Waals surface area contributed by atoms with Gasteiger partial charge in [0.15, 0.2) is 0 Å². The van der Waals surface area contributed by atoms with Gasteiger partial charge in [0, 0.05) is 30.3 Å². The van der Waals surface area contributed by atoms with Crippen LogP contribution in [0.5, 0.6) is 0 Å². The zero-order valence-electron chi connectivity index (χ0n) is 13.7. The standard InChI is InChI=1S/C16H19FN2O3S2/c1-11(10-24(3,21)22)19(2)15(20)8-14-9-23-16(18-14)12-5-4-6-13(17)7-12/h4-7,9,11H,8,10H2,1-3H3. The summed E-state index contributed by atoms with van der Waals surface area (Å²) in [5.41, 5.74) is 1.25. The molecule has 0 fully saturated rings. The first-order valence-corrected chi connectivity index (χ1v) is 10.2. The zero-order valence-corrected chi connectivity index (χ0v) is 15.3. The van der Waals surface area contributed by atoms with E-state index in [1.165, 1.54) is 28.4 Å². The van der Waals surface area contributed by atoms with Gasteiger partial charge in [0.1, 0.15) is 20.7 Å². The summed E-state index contributed by atoms with van der Waals surface area (Å²) in [4.78, 5) is 18.1. The van der Waals surface area contributed by atoms with Gasteiger partial charge in [0.2, 0.25) is 5.91 Å². The fourth-order valence-electron chi connectivity index (χ4n) is 2.22. The number of carbonyl (C=O) groups excluding carboxylic acids is 1. The highest BCUT2D eigenvalue weighted by atomic mass is 32.2. The maximum absolute atomic E-state index is 13.3. The van der Waals surface area contributed by atoms with Gasteiger partial charge in [0.05, 0.1) is 17.9 Å². The molecule has 0 spiro atoms. The molecule has 1 aromatic carbocycles. The molecular formula is C16H19FN2O3S2. The summed E-state index contributed by atoms with van der Waals surface area (Å²) in [7, 11) is -1.57. The van der Waals surface area contributed by atoms with E-state index in [0.29, 0.717) is 16.3 Å². The molecular weight excluding hydrogens is 351 g/mol. The van der Waals surface area contributed by atoms with Crippen molar-refractivity contribution in [1.82, 2.24) is 9.88 Å². The molecule has 0 saturated heterocycles. The number of benzene rings is 1.